The molecule has 0 bridgehead atoms. The highest BCUT2D eigenvalue weighted by Crippen LogP contribution is 2.13. The Kier molecular flexibility index (Phi) is 5.41. The molecule has 20 heavy (non-hydrogen) atoms. The van der Waals surface area contributed by atoms with E-state index in [4.69, 9.17) is 4.74 Å². The fourth-order valence-corrected chi connectivity index (χ4v) is 2.54. The molecule has 110 valence electrons. The summed E-state index contributed by atoms with van der Waals surface area (Å²) in [5, 5.41) is 6.50. The van der Waals surface area contributed by atoms with Crippen molar-refractivity contribution in [2.45, 2.75) is 44.7 Å². The van der Waals surface area contributed by atoms with Gasteiger partial charge in [0.25, 0.3) is 0 Å². The Morgan fingerprint density at radius 3 is 2.75 bits per heavy atom. The van der Waals surface area contributed by atoms with Crippen LogP contribution in [0, 0.1) is 0 Å². The first-order valence-corrected chi connectivity index (χ1v) is 7.33. The van der Waals surface area contributed by atoms with Gasteiger partial charge in [-0.05, 0) is 43.9 Å². The van der Waals surface area contributed by atoms with Crippen LogP contribution in [0.3, 0.4) is 0 Å². The molecule has 0 aliphatic carbocycles. The highest BCUT2D eigenvalue weighted by molar-refractivity contribution is 5.76. The van der Waals surface area contributed by atoms with Crippen LogP contribution in [-0.4, -0.2) is 31.6 Å². The molecule has 4 nitrogen and oxygen atoms in total. The highest BCUT2D eigenvalue weighted by atomic mass is 16.5. The molecule has 1 aliphatic rings. The Hall–Kier alpha value is -1.55. The lowest BCUT2D eigenvalue weighted by Gasteiger charge is -2.27. The van der Waals surface area contributed by atoms with Gasteiger partial charge in [0, 0.05) is 25.0 Å². The zero-order valence-corrected chi connectivity index (χ0v) is 12.3. The maximum absolute atomic E-state index is 11.1. The van der Waals surface area contributed by atoms with E-state index in [1.165, 1.54) is 5.56 Å². The van der Waals surface area contributed by atoms with Crippen molar-refractivity contribution in [3.63, 3.8) is 0 Å². The van der Waals surface area contributed by atoms with Crippen LogP contribution in [-0.2, 0) is 11.2 Å². The summed E-state index contributed by atoms with van der Waals surface area (Å²) in [4.78, 5) is 11.1. The average molecular weight is 276 g/mol. The number of benzene rings is 1. The monoisotopic (exact) mass is 276 g/mol. The number of carbonyl (C=O) groups excluding carboxylic acids is 1. The van der Waals surface area contributed by atoms with Gasteiger partial charge in [-0.1, -0.05) is 12.1 Å². The minimum atomic E-state index is 0.175. The summed E-state index contributed by atoms with van der Waals surface area (Å²) in [6, 6.07) is 9.11. The van der Waals surface area contributed by atoms with Crippen molar-refractivity contribution in [3.8, 4) is 5.75 Å². The third kappa shape index (κ3) is 4.53. The van der Waals surface area contributed by atoms with E-state index in [0.717, 1.165) is 31.6 Å². The van der Waals surface area contributed by atoms with Crippen molar-refractivity contribution in [2.75, 3.05) is 13.7 Å². The van der Waals surface area contributed by atoms with E-state index in [1.54, 1.807) is 7.11 Å². The van der Waals surface area contributed by atoms with Gasteiger partial charge in [-0.2, -0.15) is 0 Å². The summed E-state index contributed by atoms with van der Waals surface area (Å²) in [5.74, 6) is 1.08. The van der Waals surface area contributed by atoms with Crippen molar-refractivity contribution >= 4 is 5.91 Å². The van der Waals surface area contributed by atoms with E-state index in [1.807, 2.05) is 12.1 Å². The third-order valence-corrected chi connectivity index (χ3v) is 3.81. The van der Waals surface area contributed by atoms with E-state index in [9.17, 15) is 4.79 Å². The molecule has 0 saturated carbocycles. The molecule has 1 aromatic rings. The number of amides is 1. The maximum Gasteiger partial charge on any atom is 0.220 e. The van der Waals surface area contributed by atoms with Crippen LogP contribution in [0.15, 0.2) is 24.3 Å². The summed E-state index contributed by atoms with van der Waals surface area (Å²) in [7, 11) is 1.68. The van der Waals surface area contributed by atoms with Crippen LogP contribution < -0.4 is 15.4 Å². The van der Waals surface area contributed by atoms with Crippen LogP contribution in [0.5, 0.6) is 5.75 Å². The Morgan fingerprint density at radius 1 is 1.40 bits per heavy atom. The van der Waals surface area contributed by atoms with Crippen molar-refractivity contribution < 1.29 is 9.53 Å². The first kappa shape index (κ1) is 14.9. The fraction of sp³-hybridized carbons (Fsp3) is 0.562. The molecule has 1 amide bonds. The molecule has 1 saturated heterocycles. The van der Waals surface area contributed by atoms with E-state index >= 15 is 0 Å². The first-order chi connectivity index (χ1) is 9.67. The fourth-order valence-electron chi connectivity index (χ4n) is 2.54. The molecule has 1 aromatic carbocycles. The number of hydrogen-bond donors (Lipinski definition) is 2. The molecule has 1 aliphatic heterocycles. The lowest BCUT2D eigenvalue weighted by atomic mass is 10.0. The largest absolute Gasteiger partial charge is 0.497 e. The second kappa shape index (κ2) is 7.29. The van der Waals surface area contributed by atoms with Crippen molar-refractivity contribution in [1.82, 2.24) is 10.6 Å². The predicted octanol–water partition coefficient (Wildman–Crippen LogP) is 1.88. The smallest absolute Gasteiger partial charge is 0.220 e. The summed E-state index contributed by atoms with van der Waals surface area (Å²) in [5.41, 5.74) is 1.33. The normalized spacial score (nSPS) is 20.3. The Balaban J connectivity index is 1.71. The van der Waals surface area contributed by atoms with E-state index in [2.05, 4.69) is 29.7 Å². The number of rotatable bonds is 6. The van der Waals surface area contributed by atoms with E-state index < -0.39 is 0 Å². The van der Waals surface area contributed by atoms with Crippen LogP contribution in [0.1, 0.15) is 31.7 Å². The standard InChI is InChI=1S/C16H24N2O2/c1-12(18-14-7-10-16(19)17-11-14)3-4-13-5-8-15(20-2)9-6-13/h5-6,8-9,12,14,18H,3-4,7,10-11H2,1-2H3,(H,17,19). The second-order valence-corrected chi connectivity index (χ2v) is 5.49. The number of ether oxygens (including phenoxy) is 1. The van der Waals surface area contributed by atoms with Gasteiger partial charge in [0.1, 0.15) is 5.75 Å². The molecule has 2 unspecified atom stereocenters. The molecule has 1 fully saturated rings. The van der Waals surface area contributed by atoms with Crippen LogP contribution >= 0.6 is 0 Å². The first-order valence-electron chi connectivity index (χ1n) is 7.33. The van der Waals surface area contributed by atoms with Gasteiger partial charge in [-0.15, -0.1) is 0 Å². The molecule has 0 aromatic heterocycles. The summed E-state index contributed by atoms with van der Waals surface area (Å²) >= 11 is 0. The topological polar surface area (TPSA) is 50.4 Å². The minimum absolute atomic E-state index is 0.175. The number of methoxy groups -OCH3 is 1. The lowest BCUT2D eigenvalue weighted by Crippen LogP contribution is -2.48. The third-order valence-electron chi connectivity index (χ3n) is 3.81. The molecule has 2 atom stereocenters. The zero-order valence-electron chi connectivity index (χ0n) is 12.3. The van der Waals surface area contributed by atoms with E-state index in [-0.39, 0.29) is 5.91 Å². The van der Waals surface area contributed by atoms with Gasteiger partial charge in [-0.3, -0.25) is 4.79 Å². The summed E-state index contributed by atoms with van der Waals surface area (Å²) < 4.78 is 5.16. The molecule has 1 heterocycles. The molecule has 0 radical (unpaired) electrons. The highest BCUT2D eigenvalue weighted by Gasteiger charge is 2.18. The van der Waals surface area contributed by atoms with Crippen molar-refractivity contribution in [2.24, 2.45) is 0 Å². The zero-order chi connectivity index (χ0) is 14.4. The SMILES string of the molecule is COc1ccc(CCC(C)NC2CCC(=O)NC2)cc1. The quantitative estimate of drug-likeness (QED) is 0.834. The lowest BCUT2D eigenvalue weighted by molar-refractivity contribution is -0.122. The van der Waals surface area contributed by atoms with Gasteiger partial charge in [-0.25, -0.2) is 0 Å². The number of piperidine rings is 1. The van der Waals surface area contributed by atoms with E-state index in [0.29, 0.717) is 18.5 Å². The number of nitrogens with one attached hydrogen (secondary N) is 2. The molecule has 2 N–H and O–H groups in total. The van der Waals surface area contributed by atoms with Crippen LogP contribution in [0.25, 0.3) is 0 Å². The summed E-state index contributed by atoms with van der Waals surface area (Å²) in [6.07, 6.45) is 3.73. The average Bonchev–Trinajstić information content (AvgIpc) is 2.48. The van der Waals surface area contributed by atoms with Gasteiger partial charge in [0.05, 0.1) is 7.11 Å². The van der Waals surface area contributed by atoms with Crippen molar-refractivity contribution in [1.29, 1.82) is 0 Å². The molecule has 2 rings (SSSR count). The molecule has 0 spiro atoms. The molecule has 4 heteroatoms. The summed E-state index contributed by atoms with van der Waals surface area (Å²) in [6.45, 7) is 2.96. The molecular formula is C16H24N2O2. The van der Waals surface area contributed by atoms with Gasteiger partial charge in [0.15, 0.2) is 0 Å². The molecular weight excluding hydrogens is 252 g/mol. The Bertz CT molecular complexity index is 421. The van der Waals surface area contributed by atoms with Crippen LogP contribution in [0.4, 0.5) is 0 Å². The predicted molar refractivity (Wildman–Crippen MR) is 79.9 cm³/mol. The van der Waals surface area contributed by atoms with Crippen molar-refractivity contribution in [3.05, 3.63) is 29.8 Å². The maximum atomic E-state index is 11.1. The second-order valence-electron chi connectivity index (χ2n) is 5.49. The number of aryl methyl sites for hydroxylation is 1. The number of carbonyl (C=O) groups is 1. The van der Waals surface area contributed by atoms with Gasteiger partial charge >= 0.3 is 0 Å². The minimum Gasteiger partial charge on any atom is -0.497 e. The van der Waals surface area contributed by atoms with Gasteiger partial charge < -0.3 is 15.4 Å². The Labute approximate surface area is 120 Å². The number of hydrogen-bond acceptors (Lipinski definition) is 3. The van der Waals surface area contributed by atoms with Gasteiger partial charge in [0.2, 0.25) is 5.91 Å². The van der Waals surface area contributed by atoms with Crippen LogP contribution in [0.2, 0.25) is 0 Å². The Morgan fingerprint density at radius 2 is 2.15 bits per heavy atom.